The number of imidazole rings is 1. The molecule has 0 aliphatic carbocycles. The summed E-state index contributed by atoms with van der Waals surface area (Å²) in [6.07, 6.45) is 4.64. The van der Waals surface area contributed by atoms with Crippen molar-refractivity contribution in [3.05, 3.63) is 60.0 Å². The molecule has 0 spiro atoms. The molecule has 0 saturated heterocycles. The van der Waals surface area contributed by atoms with Crippen LogP contribution in [0.4, 0.5) is 0 Å². The number of hydrogen-bond acceptors (Lipinski definition) is 4. The first-order valence-electron chi connectivity index (χ1n) is 8.12. The van der Waals surface area contributed by atoms with E-state index in [1.54, 1.807) is 19.2 Å². The Kier molecular flexibility index (Phi) is 5.18. The quantitative estimate of drug-likeness (QED) is 0.718. The van der Waals surface area contributed by atoms with Crippen LogP contribution in [0.15, 0.2) is 48.8 Å². The minimum atomic E-state index is -0.164. The first kappa shape index (κ1) is 16.8. The lowest BCUT2D eigenvalue weighted by atomic mass is 10.3. The molecule has 1 aromatic carbocycles. The first-order chi connectivity index (χ1) is 12.1. The van der Waals surface area contributed by atoms with Gasteiger partial charge >= 0.3 is 0 Å². The zero-order valence-electron chi connectivity index (χ0n) is 14.4. The van der Waals surface area contributed by atoms with Crippen LogP contribution in [0.1, 0.15) is 11.3 Å². The molecule has 1 N–H and O–H groups in total. The molecule has 0 fully saturated rings. The predicted octanol–water partition coefficient (Wildman–Crippen LogP) is 2.39. The van der Waals surface area contributed by atoms with Crippen molar-refractivity contribution in [1.82, 2.24) is 14.7 Å². The van der Waals surface area contributed by atoms with E-state index in [4.69, 9.17) is 9.47 Å². The molecule has 0 atom stereocenters. The summed E-state index contributed by atoms with van der Waals surface area (Å²) >= 11 is 0. The Bertz CT molecular complexity index is 873. The summed E-state index contributed by atoms with van der Waals surface area (Å²) in [5, 5.41) is 2.84. The average molecular weight is 339 g/mol. The zero-order chi connectivity index (χ0) is 17.6. The molecule has 0 aliphatic rings. The van der Waals surface area contributed by atoms with Crippen LogP contribution in [0.5, 0.6) is 11.5 Å². The molecule has 25 heavy (non-hydrogen) atoms. The van der Waals surface area contributed by atoms with Crippen molar-refractivity contribution < 1.29 is 14.3 Å². The molecule has 0 unspecified atom stereocenters. The number of carbonyl (C=O) groups is 1. The summed E-state index contributed by atoms with van der Waals surface area (Å²) in [5.41, 5.74) is 3.04. The Morgan fingerprint density at radius 3 is 2.92 bits per heavy atom. The standard InChI is InChI=1S/C19H21N3O3/c1-14-7-9-22-12-15(21-18(22)10-14)6-8-20-19(23)13-25-17-5-3-4-16(11-17)24-2/h3-5,7,9-12H,6,8,13H2,1-2H3,(H,20,23). The number of carbonyl (C=O) groups excluding carboxylic acids is 1. The lowest BCUT2D eigenvalue weighted by Gasteiger charge is -2.08. The van der Waals surface area contributed by atoms with Crippen LogP contribution in [0.3, 0.4) is 0 Å². The fourth-order valence-electron chi connectivity index (χ4n) is 2.48. The van der Waals surface area contributed by atoms with Crippen LogP contribution < -0.4 is 14.8 Å². The summed E-state index contributed by atoms with van der Waals surface area (Å²) in [4.78, 5) is 16.4. The summed E-state index contributed by atoms with van der Waals surface area (Å²) < 4.78 is 12.6. The molecule has 1 amide bonds. The van der Waals surface area contributed by atoms with E-state index in [0.717, 1.165) is 11.3 Å². The first-order valence-corrected chi connectivity index (χ1v) is 8.12. The van der Waals surface area contributed by atoms with Gasteiger partial charge in [0.2, 0.25) is 0 Å². The monoisotopic (exact) mass is 339 g/mol. The fourth-order valence-corrected chi connectivity index (χ4v) is 2.48. The second kappa shape index (κ2) is 7.70. The van der Waals surface area contributed by atoms with Gasteiger partial charge in [0.25, 0.3) is 5.91 Å². The largest absolute Gasteiger partial charge is 0.497 e. The van der Waals surface area contributed by atoms with Gasteiger partial charge in [-0.25, -0.2) is 4.98 Å². The summed E-state index contributed by atoms with van der Waals surface area (Å²) in [6.45, 7) is 2.53. The maximum atomic E-state index is 11.9. The second-order valence-corrected chi connectivity index (χ2v) is 5.77. The second-order valence-electron chi connectivity index (χ2n) is 5.77. The molecule has 0 bridgehead atoms. The maximum absolute atomic E-state index is 11.9. The number of rotatable bonds is 7. The molecule has 3 rings (SSSR count). The number of nitrogens with one attached hydrogen (secondary N) is 1. The highest BCUT2D eigenvalue weighted by Gasteiger charge is 2.05. The molecule has 3 aromatic rings. The van der Waals surface area contributed by atoms with Gasteiger partial charge in [-0.15, -0.1) is 0 Å². The molecular formula is C19H21N3O3. The number of nitrogens with zero attached hydrogens (tertiary/aromatic N) is 2. The van der Waals surface area contributed by atoms with E-state index in [9.17, 15) is 4.79 Å². The normalized spacial score (nSPS) is 10.6. The van der Waals surface area contributed by atoms with E-state index in [-0.39, 0.29) is 12.5 Å². The third-order valence-electron chi connectivity index (χ3n) is 3.78. The van der Waals surface area contributed by atoms with Gasteiger partial charge in [0, 0.05) is 31.4 Å². The highest BCUT2D eigenvalue weighted by Crippen LogP contribution is 2.18. The lowest BCUT2D eigenvalue weighted by molar-refractivity contribution is -0.123. The van der Waals surface area contributed by atoms with Gasteiger partial charge in [-0.2, -0.15) is 0 Å². The maximum Gasteiger partial charge on any atom is 0.257 e. The summed E-state index contributed by atoms with van der Waals surface area (Å²) in [5.74, 6) is 1.13. The van der Waals surface area contributed by atoms with E-state index in [1.165, 1.54) is 5.56 Å². The van der Waals surface area contributed by atoms with Crippen LogP contribution in [0.25, 0.3) is 5.65 Å². The Morgan fingerprint density at radius 2 is 2.08 bits per heavy atom. The number of pyridine rings is 1. The van der Waals surface area contributed by atoms with Crippen molar-refractivity contribution in [2.24, 2.45) is 0 Å². The molecule has 6 nitrogen and oxygen atoms in total. The molecule has 0 aliphatic heterocycles. The average Bonchev–Trinajstić information content (AvgIpc) is 3.02. The van der Waals surface area contributed by atoms with Crippen molar-refractivity contribution >= 4 is 11.6 Å². The highest BCUT2D eigenvalue weighted by molar-refractivity contribution is 5.77. The van der Waals surface area contributed by atoms with Gasteiger partial charge in [0.1, 0.15) is 17.1 Å². The molecule has 6 heteroatoms. The Hall–Kier alpha value is -3.02. The number of amides is 1. The van der Waals surface area contributed by atoms with Crippen LogP contribution >= 0.6 is 0 Å². The lowest BCUT2D eigenvalue weighted by Crippen LogP contribution is -2.30. The van der Waals surface area contributed by atoms with Crippen LogP contribution in [0.2, 0.25) is 0 Å². The number of aromatic nitrogens is 2. The third-order valence-corrected chi connectivity index (χ3v) is 3.78. The molecule has 0 radical (unpaired) electrons. The van der Waals surface area contributed by atoms with Crippen molar-refractivity contribution in [2.75, 3.05) is 20.3 Å². The van der Waals surface area contributed by atoms with Crippen molar-refractivity contribution in [3.63, 3.8) is 0 Å². The Morgan fingerprint density at radius 1 is 1.24 bits per heavy atom. The van der Waals surface area contributed by atoms with E-state index >= 15 is 0 Å². The SMILES string of the molecule is COc1cccc(OCC(=O)NCCc2cn3ccc(C)cc3n2)c1. The van der Waals surface area contributed by atoms with Gasteiger partial charge in [-0.05, 0) is 36.8 Å². The van der Waals surface area contributed by atoms with Gasteiger partial charge in [-0.3, -0.25) is 4.79 Å². The number of benzene rings is 1. The highest BCUT2D eigenvalue weighted by atomic mass is 16.5. The van der Waals surface area contributed by atoms with Crippen LogP contribution in [0, 0.1) is 6.92 Å². The van der Waals surface area contributed by atoms with Crippen molar-refractivity contribution in [1.29, 1.82) is 0 Å². The predicted molar refractivity (Wildman–Crippen MR) is 95.1 cm³/mol. The van der Waals surface area contributed by atoms with Gasteiger partial charge in [0.05, 0.1) is 12.8 Å². The molecule has 2 heterocycles. The van der Waals surface area contributed by atoms with E-state index in [2.05, 4.69) is 10.3 Å². The minimum absolute atomic E-state index is 0.0302. The molecule has 2 aromatic heterocycles. The van der Waals surface area contributed by atoms with E-state index in [0.29, 0.717) is 24.5 Å². The Balaban J connectivity index is 1.45. The van der Waals surface area contributed by atoms with E-state index in [1.807, 2.05) is 48.0 Å². The van der Waals surface area contributed by atoms with Gasteiger partial charge in [-0.1, -0.05) is 6.07 Å². The number of ether oxygens (including phenoxy) is 2. The summed E-state index contributed by atoms with van der Waals surface area (Å²) in [6, 6.07) is 11.2. The minimum Gasteiger partial charge on any atom is -0.497 e. The number of aryl methyl sites for hydroxylation is 1. The molecular weight excluding hydrogens is 318 g/mol. The van der Waals surface area contributed by atoms with Crippen LogP contribution in [-0.2, 0) is 11.2 Å². The molecule has 130 valence electrons. The van der Waals surface area contributed by atoms with Gasteiger partial charge in [0.15, 0.2) is 6.61 Å². The van der Waals surface area contributed by atoms with Crippen molar-refractivity contribution in [2.45, 2.75) is 13.3 Å². The van der Waals surface area contributed by atoms with Gasteiger partial charge < -0.3 is 19.2 Å². The number of fused-ring (bicyclic) bond motifs is 1. The number of hydrogen-bond donors (Lipinski definition) is 1. The van der Waals surface area contributed by atoms with E-state index < -0.39 is 0 Å². The fraction of sp³-hybridized carbons (Fsp3) is 0.263. The third kappa shape index (κ3) is 4.50. The van der Waals surface area contributed by atoms with Crippen molar-refractivity contribution in [3.8, 4) is 11.5 Å². The molecule has 0 saturated carbocycles. The topological polar surface area (TPSA) is 64.9 Å². The van der Waals surface area contributed by atoms with Crippen LogP contribution in [-0.4, -0.2) is 35.6 Å². The summed E-state index contributed by atoms with van der Waals surface area (Å²) in [7, 11) is 1.59. The number of methoxy groups -OCH3 is 1. The smallest absolute Gasteiger partial charge is 0.257 e. The Labute approximate surface area is 146 Å². The zero-order valence-corrected chi connectivity index (χ0v) is 14.4.